The van der Waals surface area contributed by atoms with Gasteiger partial charge in [0, 0.05) is 43.1 Å². The predicted octanol–water partition coefficient (Wildman–Crippen LogP) is 3.03. The molecule has 2 bridgehead atoms. The molecule has 5 unspecified atom stereocenters. The average Bonchev–Trinajstić information content (AvgIpc) is 2.97. The number of pyridine rings is 1. The van der Waals surface area contributed by atoms with E-state index in [0.29, 0.717) is 25.1 Å². The number of benzene rings is 1. The van der Waals surface area contributed by atoms with Crippen molar-refractivity contribution in [3.8, 4) is 5.75 Å². The van der Waals surface area contributed by atoms with Crippen LogP contribution in [0.2, 0.25) is 0 Å². The van der Waals surface area contributed by atoms with Gasteiger partial charge in [0.25, 0.3) is 0 Å². The normalized spacial score (nSPS) is 30.7. The number of halogens is 1. The van der Waals surface area contributed by atoms with E-state index >= 15 is 0 Å². The van der Waals surface area contributed by atoms with Crippen LogP contribution in [-0.4, -0.2) is 59.0 Å². The molecule has 2 aliphatic heterocycles. The van der Waals surface area contributed by atoms with Crippen LogP contribution in [0.4, 0.5) is 4.39 Å². The summed E-state index contributed by atoms with van der Waals surface area (Å²) in [6, 6.07) is 7.33. The maximum absolute atomic E-state index is 14.2. The first-order valence-electron chi connectivity index (χ1n) is 10.0. The fourth-order valence-electron chi connectivity index (χ4n) is 4.95. The summed E-state index contributed by atoms with van der Waals surface area (Å²) >= 11 is 0. The number of esters is 1. The van der Waals surface area contributed by atoms with Gasteiger partial charge in [-0.05, 0) is 44.0 Å². The summed E-state index contributed by atoms with van der Waals surface area (Å²) in [7, 11) is 1.60. The molecule has 6 atom stereocenters. The molecule has 156 valence electrons. The van der Waals surface area contributed by atoms with Crippen LogP contribution < -0.4 is 4.74 Å². The molecule has 1 aromatic heterocycles. The number of aliphatic hydroxyl groups is 1. The largest absolute Gasteiger partial charge is 0.497 e. The van der Waals surface area contributed by atoms with Gasteiger partial charge >= 0.3 is 5.97 Å². The molecular weight excluding hydrogens is 375 g/mol. The van der Waals surface area contributed by atoms with Crippen molar-refractivity contribution >= 4 is 16.9 Å². The fourth-order valence-corrected chi connectivity index (χ4v) is 4.95. The lowest BCUT2D eigenvalue weighted by atomic mass is 9.82. The molecule has 0 spiro atoms. The van der Waals surface area contributed by atoms with Crippen molar-refractivity contribution in [3.63, 3.8) is 0 Å². The SMILES string of the molecule is COc1ccc2nccc(C(OC(C)=O)[C@H]3CCC4CN3CC4(O)C(C)F)c2c1. The zero-order valence-corrected chi connectivity index (χ0v) is 17.0. The molecule has 6 nitrogen and oxygen atoms in total. The molecule has 2 aromatic rings. The van der Waals surface area contributed by atoms with Gasteiger partial charge in [0.2, 0.25) is 0 Å². The van der Waals surface area contributed by atoms with Crippen molar-refractivity contribution in [2.45, 2.75) is 50.6 Å². The van der Waals surface area contributed by atoms with Gasteiger partial charge in [0.15, 0.2) is 0 Å². The number of aromatic nitrogens is 1. The standard InChI is InChI=1S/C22H27FN2O4/c1-13(23)22(27)12-25-11-15(22)4-7-20(25)21(29-14(2)26)17-8-9-24-19-6-5-16(28-3)10-18(17)19/h5-6,8-10,13,15,20-21,27H,4,7,11-12H2,1-3H3/t13?,15?,20-,21?,22?/m1/s1. The Balaban J connectivity index is 1.75. The zero-order chi connectivity index (χ0) is 20.8. The maximum atomic E-state index is 14.2. The summed E-state index contributed by atoms with van der Waals surface area (Å²) in [6.07, 6.45) is 1.26. The third-order valence-corrected chi connectivity index (χ3v) is 6.52. The molecule has 4 rings (SSSR count). The molecule has 3 heterocycles. The van der Waals surface area contributed by atoms with E-state index in [-0.39, 0.29) is 24.5 Å². The maximum Gasteiger partial charge on any atom is 0.303 e. The Morgan fingerprint density at radius 3 is 2.86 bits per heavy atom. The van der Waals surface area contributed by atoms with E-state index in [1.54, 1.807) is 13.3 Å². The third kappa shape index (κ3) is 3.46. The highest BCUT2D eigenvalue weighted by Crippen LogP contribution is 2.45. The van der Waals surface area contributed by atoms with E-state index in [1.807, 2.05) is 24.3 Å². The third-order valence-electron chi connectivity index (χ3n) is 6.52. The van der Waals surface area contributed by atoms with Crippen LogP contribution in [0.15, 0.2) is 30.5 Å². The number of nitrogens with zero attached hydrogens (tertiary/aromatic N) is 2. The second-order valence-electron chi connectivity index (χ2n) is 8.19. The summed E-state index contributed by atoms with van der Waals surface area (Å²) in [4.78, 5) is 18.5. The minimum Gasteiger partial charge on any atom is -0.497 e. The lowest BCUT2D eigenvalue weighted by Crippen LogP contribution is -2.45. The number of methoxy groups -OCH3 is 1. The second kappa shape index (κ2) is 7.54. The van der Waals surface area contributed by atoms with Crippen LogP contribution in [0.3, 0.4) is 0 Å². The number of rotatable bonds is 5. The number of carbonyl (C=O) groups excluding carboxylic acids is 1. The summed E-state index contributed by atoms with van der Waals surface area (Å²) in [5, 5.41) is 11.7. The number of fused-ring (bicyclic) bond motifs is 3. The molecule has 2 fully saturated rings. The Morgan fingerprint density at radius 1 is 1.38 bits per heavy atom. The van der Waals surface area contributed by atoms with Gasteiger partial charge in [-0.15, -0.1) is 0 Å². The molecule has 2 aliphatic rings. The van der Waals surface area contributed by atoms with Gasteiger partial charge in [-0.3, -0.25) is 14.7 Å². The lowest BCUT2D eigenvalue weighted by molar-refractivity contribution is -0.151. The Kier molecular flexibility index (Phi) is 5.21. The molecule has 1 N–H and O–H groups in total. The van der Waals surface area contributed by atoms with Crippen LogP contribution in [0.1, 0.15) is 38.4 Å². The molecule has 0 radical (unpaired) electrons. The van der Waals surface area contributed by atoms with Gasteiger partial charge < -0.3 is 14.6 Å². The van der Waals surface area contributed by atoms with Crippen LogP contribution in [0, 0.1) is 5.92 Å². The Hall–Kier alpha value is -2.25. The minimum absolute atomic E-state index is 0.106. The van der Waals surface area contributed by atoms with E-state index in [9.17, 15) is 14.3 Å². The van der Waals surface area contributed by atoms with E-state index in [0.717, 1.165) is 16.5 Å². The predicted molar refractivity (Wildman–Crippen MR) is 106 cm³/mol. The average molecular weight is 402 g/mol. The first-order chi connectivity index (χ1) is 13.8. The minimum atomic E-state index is -1.35. The highest BCUT2D eigenvalue weighted by atomic mass is 19.1. The van der Waals surface area contributed by atoms with Crippen molar-refractivity contribution in [1.29, 1.82) is 0 Å². The quantitative estimate of drug-likeness (QED) is 0.775. The molecular formula is C22H27FN2O4. The second-order valence-corrected chi connectivity index (χ2v) is 8.19. The van der Waals surface area contributed by atoms with Gasteiger partial charge in [-0.25, -0.2) is 4.39 Å². The van der Waals surface area contributed by atoms with Gasteiger partial charge in [-0.2, -0.15) is 0 Å². The van der Waals surface area contributed by atoms with E-state index in [2.05, 4.69) is 9.88 Å². The van der Waals surface area contributed by atoms with Gasteiger partial charge in [0.05, 0.1) is 18.7 Å². The van der Waals surface area contributed by atoms with Crippen molar-refractivity contribution in [2.24, 2.45) is 5.92 Å². The van der Waals surface area contributed by atoms with Crippen LogP contribution in [0.5, 0.6) is 5.75 Å². The van der Waals surface area contributed by atoms with Crippen molar-refractivity contribution in [1.82, 2.24) is 9.88 Å². The number of ether oxygens (including phenoxy) is 2. The first kappa shape index (κ1) is 20.0. The topological polar surface area (TPSA) is 71.9 Å². The lowest BCUT2D eigenvalue weighted by Gasteiger charge is -2.37. The van der Waals surface area contributed by atoms with E-state index < -0.39 is 17.9 Å². The molecule has 29 heavy (non-hydrogen) atoms. The molecule has 1 aromatic carbocycles. The zero-order valence-electron chi connectivity index (χ0n) is 17.0. The van der Waals surface area contributed by atoms with Gasteiger partial charge in [-0.1, -0.05) is 0 Å². The molecule has 0 saturated carbocycles. The monoisotopic (exact) mass is 402 g/mol. The highest BCUT2D eigenvalue weighted by Gasteiger charge is 2.54. The number of piperidine rings is 1. The van der Waals surface area contributed by atoms with Crippen LogP contribution in [0.25, 0.3) is 10.9 Å². The van der Waals surface area contributed by atoms with E-state index in [1.165, 1.54) is 13.8 Å². The molecule has 0 aliphatic carbocycles. The summed E-state index contributed by atoms with van der Waals surface area (Å²) in [5.41, 5.74) is 0.278. The number of hydrogen-bond donors (Lipinski definition) is 1. The van der Waals surface area contributed by atoms with Crippen LogP contribution in [-0.2, 0) is 9.53 Å². The van der Waals surface area contributed by atoms with Gasteiger partial charge in [0.1, 0.15) is 23.6 Å². The van der Waals surface area contributed by atoms with E-state index in [4.69, 9.17) is 9.47 Å². The number of hydrogen-bond acceptors (Lipinski definition) is 6. The van der Waals surface area contributed by atoms with Crippen molar-refractivity contribution < 1.29 is 23.8 Å². The van der Waals surface area contributed by atoms with Crippen molar-refractivity contribution in [2.75, 3.05) is 20.2 Å². The summed E-state index contributed by atoms with van der Waals surface area (Å²) in [5.74, 6) is 0.211. The Morgan fingerprint density at radius 2 is 2.17 bits per heavy atom. The first-order valence-corrected chi connectivity index (χ1v) is 10.0. The Labute approximate surface area is 169 Å². The Bertz CT molecular complexity index is 921. The molecule has 7 heteroatoms. The number of alkyl halides is 1. The van der Waals surface area contributed by atoms with Crippen LogP contribution >= 0.6 is 0 Å². The summed E-state index contributed by atoms with van der Waals surface area (Å²) < 4.78 is 25.4. The van der Waals surface area contributed by atoms with Crippen molar-refractivity contribution in [3.05, 3.63) is 36.0 Å². The molecule has 2 saturated heterocycles. The smallest absolute Gasteiger partial charge is 0.303 e. The molecule has 0 amide bonds. The number of carbonyl (C=O) groups is 1. The summed E-state index contributed by atoms with van der Waals surface area (Å²) in [6.45, 7) is 3.65. The highest BCUT2D eigenvalue weighted by molar-refractivity contribution is 5.84. The fraction of sp³-hybridized carbons (Fsp3) is 0.545.